The Balaban J connectivity index is 1.89. The zero-order valence-electron chi connectivity index (χ0n) is 14.3. The minimum atomic E-state index is -1.05. The summed E-state index contributed by atoms with van der Waals surface area (Å²) in [5.74, 6) is 0.745. The second-order valence-electron chi connectivity index (χ2n) is 6.00. The third-order valence-electron chi connectivity index (χ3n) is 4.15. The van der Waals surface area contributed by atoms with E-state index in [-0.39, 0.29) is 17.7 Å². The highest BCUT2D eigenvalue weighted by atomic mass is 35.5. The maximum atomic E-state index is 12.8. The van der Waals surface area contributed by atoms with Crippen molar-refractivity contribution in [3.8, 4) is 0 Å². The van der Waals surface area contributed by atoms with Crippen LogP contribution in [0.25, 0.3) is 0 Å². The number of nitrogens with one attached hydrogen (secondary N) is 1. The number of rotatable bonds is 5. The van der Waals surface area contributed by atoms with Crippen LogP contribution in [-0.4, -0.2) is 41.6 Å². The highest BCUT2D eigenvalue weighted by Crippen LogP contribution is 2.32. The first kappa shape index (κ1) is 18.7. The van der Waals surface area contributed by atoms with E-state index in [4.69, 9.17) is 21.1 Å². The summed E-state index contributed by atoms with van der Waals surface area (Å²) in [7, 11) is 0. The highest BCUT2D eigenvalue weighted by Gasteiger charge is 2.23. The maximum Gasteiger partial charge on any atom is 0.311 e. The van der Waals surface area contributed by atoms with Gasteiger partial charge in [0.05, 0.1) is 23.2 Å². The van der Waals surface area contributed by atoms with Crippen molar-refractivity contribution in [2.75, 3.05) is 34.8 Å². The lowest BCUT2D eigenvalue weighted by atomic mass is 10.1. The molecule has 1 aromatic carbocycles. The van der Waals surface area contributed by atoms with Gasteiger partial charge >= 0.3 is 5.97 Å². The molecule has 1 aliphatic heterocycles. The number of hydrogen-bond acceptors (Lipinski definition) is 5. The first-order valence-corrected chi connectivity index (χ1v) is 9.71. The molecule has 26 heavy (non-hydrogen) atoms. The van der Waals surface area contributed by atoms with Crippen molar-refractivity contribution in [3.05, 3.63) is 46.4 Å². The molecule has 0 bridgehead atoms. The molecule has 2 heterocycles. The zero-order chi connectivity index (χ0) is 18.7. The topological polar surface area (TPSA) is 82.8 Å². The molecule has 0 aliphatic carbocycles. The molecule has 138 valence electrons. The van der Waals surface area contributed by atoms with E-state index in [0.717, 1.165) is 30.3 Å². The van der Waals surface area contributed by atoms with Crippen LogP contribution in [0.1, 0.15) is 21.7 Å². The van der Waals surface area contributed by atoms with Crippen molar-refractivity contribution in [1.82, 2.24) is 0 Å². The predicted molar refractivity (Wildman–Crippen MR) is 104 cm³/mol. The van der Waals surface area contributed by atoms with Gasteiger partial charge in [0.15, 0.2) is 0 Å². The third-order valence-corrected chi connectivity index (χ3v) is 5.33. The zero-order valence-corrected chi connectivity index (χ0v) is 15.8. The Labute approximate surface area is 160 Å². The van der Waals surface area contributed by atoms with Crippen LogP contribution < -0.4 is 10.2 Å². The number of furan rings is 1. The van der Waals surface area contributed by atoms with Crippen LogP contribution in [0.2, 0.25) is 5.02 Å². The van der Waals surface area contributed by atoms with Crippen molar-refractivity contribution in [3.63, 3.8) is 0 Å². The van der Waals surface area contributed by atoms with Crippen LogP contribution >= 0.6 is 23.4 Å². The number of carbonyl (C=O) groups excluding carboxylic acids is 1. The summed E-state index contributed by atoms with van der Waals surface area (Å²) in [6, 6.07) is 5.41. The van der Waals surface area contributed by atoms with E-state index < -0.39 is 11.9 Å². The van der Waals surface area contributed by atoms with Crippen LogP contribution in [0.4, 0.5) is 11.4 Å². The molecule has 8 heteroatoms. The van der Waals surface area contributed by atoms with Crippen molar-refractivity contribution in [2.45, 2.75) is 13.3 Å². The molecule has 0 spiro atoms. The lowest BCUT2D eigenvalue weighted by Crippen LogP contribution is -2.33. The molecule has 2 N–H and O–H groups in total. The van der Waals surface area contributed by atoms with E-state index >= 15 is 0 Å². The molecule has 2 aromatic rings. The van der Waals surface area contributed by atoms with Crippen molar-refractivity contribution in [1.29, 1.82) is 0 Å². The first-order chi connectivity index (χ1) is 12.5. The Morgan fingerprint density at radius 3 is 2.77 bits per heavy atom. The van der Waals surface area contributed by atoms with E-state index in [2.05, 4.69) is 10.2 Å². The Hall–Kier alpha value is -2.12. The lowest BCUT2D eigenvalue weighted by molar-refractivity contribution is -0.136. The molecule has 0 unspecified atom stereocenters. The Morgan fingerprint density at radius 2 is 2.08 bits per heavy atom. The van der Waals surface area contributed by atoms with Crippen LogP contribution in [0.5, 0.6) is 0 Å². The fraction of sp³-hybridized carbons (Fsp3) is 0.333. The summed E-state index contributed by atoms with van der Waals surface area (Å²) in [6.45, 7) is 3.50. The van der Waals surface area contributed by atoms with Crippen LogP contribution in [0, 0.1) is 6.92 Å². The number of aryl methyl sites for hydroxylation is 1. The van der Waals surface area contributed by atoms with E-state index in [1.165, 1.54) is 6.26 Å². The Kier molecular flexibility index (Phi) is 5.78. The molecule has 1 saturated heterocycles. The predicted octanol–water partition coefficient (Wildman–Crippen LogP) is 3.67. The molecule has 0 saturated carbocycles. The van der Waals surface area contributed by atoms with Gasteiger partial charge in [-0.05, 0) is 25.1 Å². The van der Waals surface area contributed by atoms with Gasteiger partial charge < -0.3 is 19.7 Å². The largest absolute Gasteiger partial charge is 0.481 e. The molecular weight excluding hydrogens is 376 g/mol. The summed E-state index contributed by atoms with van der Waals surface area (Å²) >= 11 is 8.03. The molecule has 1 amide bonds. The molecule has 1 aromatic heterocycles. The SMILES string of the molecule is Cc1coc(CC(=O)O)c1C(=O)Nc1cc(Cl)ccc1N1CCSCC1. The van der Waals surface area contributed by atoms with Gasteiger partial charge in [-0.3, -0.25) is 9.59 Å². The van der Waals surface area contributed by atoms with Gasteiger partial charge in [0, 0.05) is 35.2 Å². The van der Waals surface area contributed by atoms with Gasteiger partial charge in [-0.25, -0.2) is 0 Å². The first-order valence-electron chi connectivity index (χ1n) is 8.18. The average Bonchev–Trinajstić information content (AvgIpc) is 2.95. The van der Waals surface area contributed by atoms with E-state index in [0.29, 0.717) is 16.3 Å². The second kappa shape index (κ2) is 8.05. The van der Waals surface area contributed by atoms with E-state index in [1.54, 1.807) is 19.1 Å². The van der Waals surface area contributed by atoms with Crippen LogP contribution in [0.3, 0.4) is 0 Å². The molecule has 6 nitrogen and oxygen atoms in total. The Morgan fingerprint density at radius 1 is 1.35 bits per heavy atom. The number of carboxylic acids is 1. The number of hydrogen-bond donors (Lipinski definition) is 2. The summed E-state index contributed by atoms with van der Waals surface area (Å²) < 4.78 is 5.25. The normalized spacial score (nSPS) is 14.3. The van der Waals surface area contributed by atoms with Crippen LogP contribution in [0.15, 0.2) is 28.9 Å². The maximum absolute atomic E-state index is 12.8. The molecule has 0 radical (unpaired) electrons. The van der Waals surface area contributed by atoms with Crippen molar-refractivity contribution >= 4 is 46.6 Å². The smallest absolute Gasteiger partial charge is 0.311 e. The van der Waals surface area contributed by atoms with E-state index in [9.17, 15) is 9.59 Å². The summed E-state index contributed by atoms with van der Waals surface area (Å²) in [6.07, 6.45) is 1.05. The van der Waals surface area contributed by atoms with Gasteiger partial charge in [-0.2, -0.15) is 11.8 Å². The highest BCUT2D eigenvalue weighted by molar-refractivity contribution is 7.99. The third kappa shape index (κ3) is 4.16. The van der Waals surface area contributed by atoms with Gasteiger partial charge in [0.2, 0.25) is 0 Å². The van der Waals surface area contributed by atoms with Gasteiger partial charge in [-0.15, -0.1) is 0 Å². The molecule has 0 atom stereocenters. The monoisotopic (exact) mass is 394 g/mol. The fourth-order valence-corrected chi connectivity index (χ4v) is 4.02. The van der Waals surface area contributed by atoms with Crippen molar-refractivity contribution in [2.24, 2.45) is 0 Å². The lowest BCUT2D eigenvalue weighted by Gasteiger charge is -2.30. The number of thioether (sulfide) groups is 1. The number of nitrogens with zero attached hydrogens (tertiary/aromatic N) is 1. The number of amides is 1. The number of carboxylic acid groups (broad SMARTS) is 1. The minimum absolute atomic E-state index is 0.144. The molecular formula is C18H19ClN2O4S. The van der Waals surface area contributed by atoms with Gasteiger partial charge in [0.1, 0.15) is 12.2 Å². The number of benzene rings is 1. The van der Waals surface area contributed by atoms with Crippen molar-refractivity contribution < 1.29 is 19.1 Å². The van der Waals surface area contributed by atoms with Gasteiger partial charge in [-0.1, -0.05) is 11.6 Å². The minimum Gasteiger partial charge on any atom is -0.481 e. The Bertz CT molecular complexity index is 831. The standard InChI is InChI=1S/C18H19ClN2O4S/c1-11-10-25-15(9-16(22)23)17(11)18(24)20-13-8-12(19)2-3-14(13)21-4-6-26-7-5-21/h2-3,8,10H,4-7,9H2,1H3,(H,20,24)(H,22,23). The molecule has 1 fully saturated rings. The fourth-order valence-electron chi connectivity index (χ4n) is 2.94. The number of aliphatic carboxylic acids is 1. The quantitative estimate of drug-likeness (QED) is 0.805. The number of carbonyl (C=O) groups is 2. The molecule has 3 rings (SSSR count). The summed E-state index contributed by atoms with van der Waals surface area (Å²) in [4.78, 5) is 26.0. The number of halogens is 1. The summed E-state index contributed by atoms with van der Waals surface area (Å²) in [5, 5.41) is 12.4. The molecule has 1 aliphatic rings. The van der Waals surface area contributed by atoms with Gasteiger partial charge in [0.25, 0.3) is 5.91 Å². The summed E-state index contributed by atoms with van der Waals surface area (Å²) in [5.41, 5.74) is 2.37. The van der Waals surface area contributed by atoms with Crippen LogP contribution in [-0.2, 0) is 11.2 Å². The second-order valence-corrected chi connectivity index (χ2v) is 7.66. The number of anilines is 2. The van der Waals surface area contributed by atoms with E-state index in [1.807, 2.05) is 17.8 Å². The average molecular weight is 395 g/mol.